The van der Waals surface area contributed by atoms with Gasteiger partial charge in [-0.15, -0.1) is 10.2 Å². The Kier molecular flexibility index (Phi) is 4.58. The second kappa shape index (κ2) is 7.03. The zero-order valence-electron chi connectivity index (χ0n) is 15.1. The van der Waals surface area contributed by atoms with Gasteiger partial charge in [-0.05, 0) is 51.3 Å². The van der Waals surface area contributed by atoms with E-state index in [0.717, 1.165) is 37.3 Å². The molecule has 4 heterocycles. The largest absolute Gasteiger partial charge is 0.376 e. The van der Waals surface area contributed by atoms with Gasteiger partial charge in [0.15, 0.2) is 5.82 Å². The van der Waals surface area contributed by atoms with E-state index in [1.165, 1.54) is 0 Å². The summed E-state index contributed by atoms with van der Waals surface area (Å²) in [6, 6.07) is 5.87. The lowest BCUT2D eigenvalue weighted by atomic mass is 9.92. The Morgan fingerprint density at radius 2 is 2.15 bits per heavy atom. The minimum atomic E-state index is -0.0313. The highest BCUT2D eigenvalue weighted by molar-refractivity contribution is 5.77. The summed E-state index contributed by atoms with van der Waals surface area (Å²) in [5, 5.41) is 19.5. The summed E-state index contributed by atoms with van der Waals surface area (Å²) in [5.41, 5.74) is 1.97. The molecule has 4 rings (SSSR count). The van der Waals surface area contributed by atoms with Crippen LogP contribution in [0.25, 0.3) is 5.82 Å². The van der Waals surface area contributed by atoms with Crippen molar-refractivity contribution in [1.29, 1.82) is 0 Å². The van der Waals surface area contributed by atoms with E-state index in [1.54, 1.807) is 4.68 Å². The molecule has 0 radical (unpaired) electrons. The molecule has 2 aromatic heterocycles. The normalized spacial score (nSPS) is 25.9. The van der Waals surface area contributed by atoms with Crippen LogP contribution in [0.5, 0.6) is 0 Å². The number of carbonyl (C=O) groups is 1. The maximum Gasteiger partial charge on any atom is 0.220 e. The Hall–Kier alpha value is -2.48. The lowest BCUT2D eigenvalue weighted by Gasteiger charge is -2.36. The van der Waals surface area contributed by atoms with E-state index in [9.17, 15) is 4.79 Å². The fourth-order valence-electron chi connectivity index (χ4n) is 3.79. The number of carbonyl (C=O) groups excluding carboxylic acids is 1. The van der Waals surface area contributed by atoms with Crippen molar-refractivity contribution >= 4 is 11.7 Å². The molecule has 1 unspecified atom stereocenters. The van der Waals surface area contributed by atoms with E-state index in [-0.39, 0.29) is 24.1 Å². The molecule has 2 saturated heterocycles. The first-order valence-electron chi connectivity index (χ1n) is 9.15. The lowest BCUT2D eigenvalue weighted by Crippen LogP contribution is -2.56. The summed E-state index contributed by atoms with van der Waals surface area (Å²) in [6.07, 6.45) is 3.36. The molecule has 0 aliphatic carbocycles. The summed E-state index contributed by atoms with van der Waals surface area (Å²) in [4.78, 5) is 11.8. The van der Waals surface area contributed by atoms with Crippen LogP contribution in [0.2, 0.25) is 0 Å². The molecule has 138 valence electrons. The first-order valence-corrected chi connectivity index (χ1v) is 9.15. The van der Waals surface area contributed by atoms with Crippen molar-refractivity contribution < 1.29 is 9.53 Å². The molecule has 8 nitrogen and oxygen atoms in total. The molecule has 0 aromatic carbocycles. The van der Waals surface area contributed by atoms with Crippen LogP contribution in [-0.4, -0.2) is 50.7 Å². The van der Waals surface area contributed by atoms with Crippen LogP contribution in [-0.2, 0) is 9.53 Å². The van der Waals surface area contributed by atoms with Crippen LogP contribution in [0.4, 0.5) is 5.82 Å². The zero-order chi connectivity index (χ0) is 18.1. The molecule has 2 aliphatic heterocycles. The van der Waals surface area contributed by atoms with Crippen molar-refractivity contribution in [2.45, 2.75) is 57.7 Å². The van der Waals surface area contributed by atoms with Crippen molar-refractivity contribution in [2.24, 2.45) is 0 Å². The Balaban J connectivity index is 1.48. The molecular formula is C18H24N6O2. The number of amides is 1. The van der Waals surface area contributed by atoms with Crippen molar-refractivity contribution in [3.05, 3.63) is 29.6 Å². The number of hydrogen-bond donors (Lipinski definition) is 2. The fraction of sp³-hybridized carbons (Fsp3) is 0.556. The summed E-state index contributed by atoms with van der Waals surface area (Å²) in [6.45, 7) is 4.71. The second-order valence-electron chi connectivity index (χ2n) is 7.05. The van der Waals surface area contributed by atoms with Gasteiger partial charge in [-0.3, -0.25) is 4.79 Å². The molecule has 0 bridgehead atoms. The summed E-state index contributed by atoms with van der Waals surface area (Å²) in [7, 11) is 0. The van der Waals surface area contributed by atoms with Gasteiger partial charge in [0.05, 0.1) is 23.9 Å². The Morgan fingerprint density at radius 1 is 1.27 bits per heavy atom. The molecule has 2 fully saturated rings. The maximum atomic E-state index is 11.8. The Morgan fingerprint density at radius 3 is 2.81 bits per heavy atom. The number of anilines is 1. The van der Waals surface area contributed by atoms with Gasteiger partial charge in [0.25, 0.3) is 0 Å². The zero-order valence-corrected chi connectivity index (χ0v) is 15.1. The molecule has 0 saturated carbocycles. The average molecular weight is 356 g/mol. The lowest BCUT2D eigenvalue weighted by molar-refractivity contribution is -0.124. The van der Waals surface area contributed by atoms with Gasteiger partial charge in [0.2, 0.25) is 5.91 Å². The average Bonchev–Trinajstić information content (AvgIpc) is 3.27. The first-order chi connectivity index (χ1) is 12.6. The standard InChI is InChI=1S/C18H24N6O2/c1-11-10-12(2)24(23-11)16-7-6-15(21-22-16)19-13-5-8-17(25)20-18(13)14-4-3-9-26-14/h6-7,10,13-14,18H,3-5,8-9H2,1-2H3,(H,19,21)(H,20,25)/t13-,14?,18-/m0/s1. The predicted octanol–water partition coefficient (Wildman–Crippen LogP) is 1.52. The Bertz CT molecular complexity index is 781. The molecule has 0 spiro atoms. The van der Waals surface area contributed by atoms with Gasteiger partial charge in [0, 0.05) is 18.7 Å². The smallest absolute Gasteiger partial charge is 0.220 e. The molecule has 8 heteroatoms. The topological polar surface area (TPSA) is 94.0 Å². The van der Waals surface area contributed by atoms with Crippen LogP contribution in [0, 0.1) is 13.8 Å². The molecule has 3 atom stereocenters. The highest BCUT2D eigenvalue weighted by Crippen LogP contribution is 2.24. The third kappa shape index (κ3) is 3.41. The number of ether oxygens (including phenoxy) is 1. The van der Waals surface area contributed by atoms with E-state index >= 15 is 0 Å². The third-order valence-corrected chi connectivity index (χ3v) is 5.02. The molecular weight excluding hydrogens is 332 g/mol. The van der Waals surface area contributed by atoms with Crippen LogP contribution >= 0.6 is 0 Å². The molecule has 2 N–H and O–H groups in total. The second-order valence-corrected chi connectivity index (χ2v) is 7.05. The predicted molar refractivity (Wildman–Crippen MR) is 96.2 cm³/mol. The van der Waals surface area contributed by atoms with Crippen LogP contribution < -0.4 is 10.6 Å². The van der Waals surface area contributed by atoms with E-state index < -0.39 is 0 Å². The molecule has 2 aliphatic rings. The van der Waals surface area contributed by atoms with E-state index in [4.69, 9.17) is 4.74 Å². The van der Waals surface area contributed by atoms with Crippen molar-refractivity contribution in [1.82, 2.24) is 25.3 Å². The molecule has 1 amide bonds. The summed E-state index contributed by atoms with van der Waals surface area (Å²) < 4.78 is 7.58. The van der Waals surface area contributed by atoms with Gasteiger partial charge >= 0.3 is 0 Å². The van der Waals surface area contributed by atoms with E-state index in [0.29, 0.717) is 18.1 Å². The Labute approximate surface area is 152 Å². The number of rotatable bonds is 4. The fourth-order valence-corrected chi connectivity index (χ4v) is 3.79. The number of piperidine rings is 1. The highest BCUT2D eigenvalue weighted by atomic mass is 16.5. The number of hydrogen-bond acceptors (Lipinski definition) is 6. The number of nitrogens with one attached hydrogen (secondary N) is 2. The van der Waals surface area contributed by atoms with Crippen molar-refractivity contribution in [2.75, 3.05) is 11.9 Å². The highest BCUT2D eigenvalue weighted by Gasteiger charge is 2.37. The molecule has 2 aromatic rings. The van der Waals surface area contributed by atoms with Gasteiger partial charge in [-0.2, -0.15) is 5.10 Å². The quantitative estimate of drug-likeness (QED) is 0.863. The van der Waals surface area contributed by atoms with Gasteiger partial charge in [-0.1, -0.05) is 0 Å². The van der Waals surface area contributed by atoms with Crippen LogP contribution in [0.15, 0.2) is 18.2 Å². The third-order valence-electron chi connectivity index (χ3n) is 5.02. The number of aromatic nitrogens is 4. The summed E-state index contributed by atoms with van der Waals surface area (Å²) in [5.74, 6) is 1.47. The van der Waals surface area contributed by atoms with Gasteiger partial charge in [0.1, 0.15) is 5.82 Å². The monoisotopic (exact) mass is 356 g/mol. The molecule has 26 heavy (non-hydrogen) atoms. The van der Waals surface area contributed by atoms with Crippen molar-refractivity contribution in [3.8, 4) is 5.82 Å². The van der Waals surface area contributed by atoms with E-state index in [1.807, 2.05) is 32.0 Å². The van der Waals surface area contributed by atoms with Gasteiger partial charge < -0.3 is 15.4 Å². The summed E-state index contributed by atoms with van der Waals surface area (Å²) >= 11 is 0. The number of aryl methyl sites for hydroxylation is 2. The van der Waals surface area contributed by atoms with E-state index in [2.05, 4.69) is 25.9 Å². The van der Waals surface area contributed by atoms with Crippen LogP contribution in [0.3, 0.4) is 0 Å². The van der Waals surface area contributed by atoms with Crippen molar-refractivity contribution in [3.63, 3.8) is 0 Å². The first kappa shape index (κ1) is 17.0. The number of nitrogens with zero attached hydrogens (tertiary/aromatic N) is 4. The minimum absolute atomic E-state index is 0.0313. The SMILES string of the molecule is Cc1cc(C)n(-c2ccc(N[C@H]3CCC(=O)N[C@@H]3C3CCCO3)nn2)n1. The maximum absolute atomic E-state index is 11.8. The minimum Gasteiger partial charge on any atom is -0.376 e. The van der Waals surface area contributed by atoms with Crippen LogP contribution in [0.1, 0.15) is 37.1 Å². The van der Waals surface area contributed by atoms with Gasteiger partial charge in [-0.25, -0.2) is 4.68 Å².